The molecule has 1 heterocycles. The Labute approximate surface area is 264 Å². The summed E-state index contributed by atoms with van der Waals surface area (Å²) in [5.41, 5.74) is -0.992. The average molecular weight is 661 g/mol. The molecule has 0 radical (unpaired) electrons. The minimum Gasteiger partial charge on any atom is -0.455 e. The third-order valence-electron chi connectivity index (χ3n) is 7.29. The van der Waals surface area contributed by atoms with Gasteiger partial charge in [0.2, 0.25) is 5.91 Å². The van der Waals surface area contributed by atoms with E-state index in [2.05, 4.69) is 5.32 Å². The molecule has 1 aliphatic rings. The molecule has 2 rings (SSSR count). The van der Waals surface area contributed by atoms with Gasteiger partial charge in [-0.3, -0.25) is 24.0 Å². The Morgan fingerprint density at radius 1 is 0.935 bits per heavy atom. The van der Waals surface area contributed by atoms with Crippen molar-refractivity contribution in [2.24, 2.45) is 5.92 Å². The van der Waals surface area contributed by atoms with Crippen LogP contribution in [0.1, 0.15) is 65.9 Å². The number of halogens is 4. The fraction of sp³-hybridized carbons (Fsp3) is 0.581. The summed E-state index contributed by atoms with van der Waals surface area (Å²) in [5.74, 6) is -10.9. The van der Waals surface area contributed by atoms with Crippen LogP contribution in [0.2, 0.25) is 0 Å². The third kappa shape index (κ3) is 10.5. The van der Waals surface area contributed by atoms with E-state index in [-0.39, 0.29) is 24.9 Å². The molecule has 1 fully saturated rings. The Kier molecular flexibility index (Phi) is 14.6. The summed E-state index contributed by atoms with van der Waals surface area (Å²) < 4.78 is 78.0. The molecule has 2 amide bonds. The highest BCUT2D eigenvalue weighted by atomic mass is 19.2. The number of likely N-dealkylation sites (tertiary alicyclic amines) is 1. The van der Waals surface area contributed by atoms with Crippen molar-refractivity contribution in [3.8, 4) is 0 Å². The molecular weight excluding hydrogens is 620 g/mol. The van der Waals surface area contributed by atoms with Gasteiger partial charge in [-0.1, -0.05) is 26.3 Å². The maximum atomic E-state index is 14.4. The first-order valence-electron chi connectivity index (χ1n) is 14.7. The van der Waals surface area contributed by atoms with Gasteiger partial charge >= 0.3 is 17.9 Å². The summed E-state index contributed by atoms with van der Waals surface area (Å²) in [4.78, 5) is 64.4. The van der Waals surface area contributed by atoms with Crippen molar-refractivity contribution in [2.45, 2.75) is 97.3 Å². The van der Waals surface area contributed by atoms with Crippen LogP contribution in [0.25, 0.3) is 0 Å². The summed E-state index contributed by atoms with van der Waals surface area (Å²) in [6.45, 7) is 6.12. The molecule has 0 aromatic heterocycles. The number of amides is 2. The van der Waals surface area contributed by atoms with Crippen LogP contribution >= 0.6 is 0 Å². The molecule has 6 atom stereocenters. The van der Waals surface area contributed by atoms with E-state index in [1.54, 1.807) is 6.08 Å². The topological polar surface area (TPSA) is 138 Å². The SMILES string of the molecule is CCC(C)/C=C/[C@@H](OC(C)=O)[C@H](OC(C)=O)[C@@H](OC(C)=O)C(OC)C(=O)N[C@H]1CCCCN(Cc2c(F)c(F)cc(F)c2F)C1=O. The van der Waals surface area contributed by atoms with Crippen LogP contribution in [-0.2, 0) is 49.5 Å². The van der Waals surface area contributed by atoms with Gasteiger partial charge in [0, 0.05) is 46.1 Å². The first-order valence-corrected chi connectivity index (χ1v) is 14.7. The van der Waals surface area contributed by atoms with Crippen molar-refractivity contribution >= 4 is 29.7 Å². The number of methoxy groups -OCH3 is 1. The summed E-state index contributed by atoms with van der Waals surface area (Å²) in [6.07, 6.45) is -1.76. The van der Waals surface area contributed by atoms with E-state index in [1.807, 2.05) is 13.8 Å². The standard InChI is InChI=1S/C31H40F4N2O9/c1-7-16(2)11-12-24(44-17(3)38)27(45-18(4)39)28(46-19(5)40)29(43-6)30(41)36-23-10-8-9-13-37(31(23)42)15-20-25(34)21(32)14-22(33)26(20)35/h11-12,14,16,23-24,27-29H,7-10,13,15H2,1-6H3,(H,36,41)/b12-11+/t16?,23-,24+,27-,28+,29?/m0/s1. The fourth-order valence-corrected chi connectivity index (χ4v) is 4.84. The Hall–Kier alpha value is -4.01. The molecule has 256 valence electrons. The van der Waals surface area contributed by atoms with Crippen LogP contribution in [0.15, 0.2) is 18.2 Å². The monoisotopic (exact) mass is 660 g/mol. The first-order chi connectivity index (χ1) is 21.6. The molecule has 15 heteroatoms. The van der Waals surface area contributed by atoms with E-state index in [1.165, 1.54) is 6.08 Å². The Morgan fingerprint density at radius 3 is 2.02 bits per heavy atom. The van der Waals surface area contributed by atoms with Gasteiger partial charge in [0.25, 0.3) is 5.91 Å². The number of hydrogen-bond donors (Lipinski definition) is 1. The van der Waals surface area contributed by atoms with Gasteiger partial charge in [-0.05, 0) is 31.3 Å². The van der Waals surface area contributed by atoms with Gasteiger partial charge < -0.3 is 29.2 Å². The van der Waals surface area contributed by atoms with E-state index in [4.69, 9.17) is 18.9 Å². The predicted octanol–water partition coefficient (Wildman–Crippen LogP) is 3.65. The number of nitrogens with zero attached hydrogens (tertiary/aromatic N) is 1. The zero-order valence-electron chi connectivity index (χ0n) is 26.6. The predicted molar refractivity (Wildman–Crippen MR) is 154 cm³/mol. The van der Waals surface area contributed by atoms with E-state index in [0.717, 1.165) is 32.8 Å². The van der Waals surface area contributed by atoms with Crippen molar-refractivity contribution in [3.63, 3.8) is 0 Å². The largest absolute Gasteiger partial charge is 0.455 e. The second-order valence-corrected chi connectivity index (χ2v) is 10.9. The van der Waals surface area contributed by atoms with Crippen LogP contribution in [-0.4, -0.2) is 78.7 Å². The molecule has 0 aliphatic carbocycles. The number of allylic oxidation sites excluding steroid dienone is 1. The smallest absolute Gasteiger partial charge is 0.303 e. The molecule has 1 N–H and O–H groups in total. The zero-order chi connectivity index (χ0) is 34.7. The quantitative estimate of drug-likeness (QED) is 0.104. The Bertz CT molecular complexity index is 1280. The highest BCUT2D eigenvalue weighted by Crippen LogP contribution is 2.25. The lowest BCUT2D eigenvalue weighted by Crippen LogP contribution is -2.58. The lowest BCUT2D eigenvalue weighted by Gasteiger charge is -2.34. The van der Waals surface area contributed by atoms with E-state index >= 15 is 0 Å². The lowest BCUT2D eigenvalue weighted by atomic mass is 9.98. The number of nitrogens with one attached hydrogen (secondary N) is 1. The van der Waals surface area contributed by atoms with E-state index in [9.17, 15) is 41.5 Å². The minimum atomic E-state index is -1.74. The number of ether oxygens (including phenoxy) is 4. The minimum absolute atomic E-state index is 0.000233. The van der Waals surface area contributed by atoms with Gasteiger partial charge in [-0.15, -0.1) is 0 Å². The molecule has 1 aromatic rings. The highest BCUT2D eigenvalue weighted by Gasteiger charge is 2.45. The average Bonchev–Trinajstić information content (AvgIpc) is 3.14. The Balaban J connectivity index is 2.45. The molecule has 1 aromatic carbocycles. The van der Waals surface area contributed by atoms with Crippen LogP contribution in [0.3, 0.4) is 0 Å². The number of esters is 3. The number of rotatable bonds is 14. The van der Waals surface area contributed by atoms with Crippen LogP contribution in [0, 0.1) is 29.2 Å². The highest BCUT2D eigenvalue weighted by molar-refractivity contribution is 5.90. The van der Waals surface area contributed by atoms with Crippen LogP contribution < -0.4 is 5.32 Å². The summed E-state index contributed by atoms with van der Waals surface area (Å²) >= 11 is 0. The second-order valence-electron chi connectivity index (χ2n) is 10.9. The first kappa shape index (κ1) is 38.2. The third-order valence-corrected chi connectivity index (χ3v) is 7.29. The van der Waals surface area contributed by atoms with Gasteiger partial charge in [0.15, 0.2) is 47.7 Å². The van der Waals surface area contributed by atoms with Crippen LogP contribution in [0.4, 0.5) is 17.6 Å². The van der Waals surface area contributed by atoms with E-state index < -0.39 is 95.6 Å². The van der Waals surface area contributed by atoms with Gasteiger partial charge in [0.1, 0.15) is 6.04 Å². The maximum Gasteiger partial charge on any atom is 0.303 e. The molecule has 0 saturated carbocycles. The summed E-state index contributed by atoms with van der Waals surface area (Å²) in [6, 6.07) is -1.24. The summed E-state index contributed by atoms with van der Waals surface area (Å²) in [5, 5.41) is 2.48. The molecular formula is C31H40F4N2O9. The fourth-order valence-electron chi connectivity index (χ4n) is 4.84. The number of carbonyl (C=O) groups is 5. The van der Waals surface area contributed by atoms with Crippen molar-refractivity contribution in [1.82, 2.24) is 10.2 Å². The van der Waals surface area contributed by atoms with Crippen LogP contribution in [0.5, 0.6) is 0 Å². The van der Waals surface area contributed by atoms with Crippen molar-refractivity contribution in [3.05, 3.63) is 47.1 Å². The van der Waals surface area contributed by atoms with Crippen molar-refractivity contribution < 1.29 is 60.5 Å². The normalized spacial score (nSPS) is 18.6. The molecule has 46 heavy (non-hydrogen) atoms. The maximum absolute atomic E-state index is 14.4. The van der Waals surface area contributed by atoms with Crippen molar-refractivity contribution in [2.75, 3.05) is 13.7 Å². The van der Waals surface area contributed by atoms with Gasteiger partial charge in [-0.2, -0.15) is 0 Å². The molecule has 2 unspecified atom stereocenters. The summed E-state index contributed by atoms with van der Waals surface area (Å²) in [7, 11) is 1.09. The number of carbonyl (C=O) groups excluding carboxylic acids is 5. The van der Waals surface area contributed by atoms with Crippen molar-refractivity contribution in [1.29, 1.82) is 0 Å². The van der Waals surface area contributed by atoms with Gasteiger partial charge in [-0.25, -0.2) is 17.6 Å². The molecule has 1 saturated heterocycles. The van der Waals surface area contributed by atoms with E-state index in [0.29, 0.717) is 19.3 Å². The Morgan fingerprint density at radius 2 is 1.50 bits per heavy atom. The molecule has 0 bridgehead atoms. The second kappa shape index (κ2) is 17.6. The number of benzene rings is 1. The number of hydrogen-bond acceptors (Lipinski definition) is 9. The molecule has 1 aliphatic heterocycles. The molecule has 11 nitrogen and oxygen atoms in total. The molecule has 0 spiro atoms. The zero-order valence-corrected chi connectivity index (χ0v) is 26.6. The lowest BCUT2D eigenvalue weighted by molar-refractivity contribution is -0.192. The van der Waals surface area contributed by atoms with Gasteiger partial charge in [0.05, 0.1) is 6.54 Å².